The highest BCUT2D eigenvalue weighted by molar-refractivity contribution is 5.72. The average molecular weight is 265 g/mol. The molecule has 0 aliphatic heterocycles. The van der Waals surface area contributed by atoms with Gasteiger partial charge < -0.3 is 5.73 Å². The van der Waals surface area contributed by atoms with Gasteiger partial charge in [-0.15, -0.1) is 0 Å². The van der Waals surface area contributed by atoms with E-state index in [1.807, 2.05) is 19.1 Å². The summed E-state index contributed by atoms with van der Waals surface area (Å²) in [5, 5.41) is 0. The molecule has 0 fully saturated rings. The molecule has 0 aliphatic rings. The van der Waals surface area contributed by atoms with Crippen molar-refractivity contribution in [3.05, 3.63) is 53.1 Å². The zero-order valence-corrected chi connectivity index (χ0v) is 10.7. The minimum Gasteiger partial charge on any atom is -0.399 e. The zero-order valence-electron chi connectivity index (χ0n) is 10.7. The predicted octanol–water partition coefficient (Wildman–Crippen LogP) is 4.57. The van der Waals surface area contributed by atoms with Gasteiger partial charge in [-0.1, -0.05) is 12.1 Å². The molecule has 4 heteroatoms. The summed E-state index contributed by atoms with van der Waals surface area (Å²) in [6.45, 7) is 3.57. The second kappa shape index (κ2) is 4.61. The number of halogens is 3. The van der Waals surface area contributed by atoms with Crippen LogP contribution in [0.15, 0.2) is 36.4 Å². The van der Waals surface area contributed by atoms with Crippen LogP contribution in [0.1, 0.15) is 16.7 Å². The molecule has 2 aromatic carbocycles. The number of rotatable bonds is 1. The Morgan fingerprint density at radius 1 is 0.842 bits per heavy atom. The fraction of sp³-hybridized carbons (Fsp3) is 0.200. The first-order chi connectivity index (χ1) is 8.79. The molecule has 19 heavy (non-hydrogen) atoms. The Bertz CT molecular complexity index is 615. The number of hydrogen-bond donors (Lipinski definition) is 1. The van der Waals surface area contributed by atoms with Crippen molar-refractivity contribution in [2.75, 3.05) is 5.73 Å². The molecular formula is C15H14F3N. The number of nitrogens with two attached hydrogens (primary N) is 1. The van der Waals surface area contributed by atoms with Crippen molar-refractivity contribution in [1.82, 2.24) is 0 Å². The maximum Gasteiger partial charge on any atom is 0.416 e. The monoisotopic (exact) mass is 265 g/mol. The number of nitrogen functional groups attached to an aromatic ring is 1. The highest BCUT2D eigenvalue weighted by Crippen LogP contribution is 2.34. The lowest BCUT2D eigenvalue weighted by atomic mass is 9.95. The number of aryl methyl sites for hydroxylation is 2. The molecule has 0 spiro atoms. The van der Waals surface area contributed by atoms with E-state index in [9.17, 15) is 13.2 Å². The third kappa shape index (κ3) is 2.72. The second-order valence-corrected chi connectivity index (χ2v) is 4.60. The van der Waals surface area contributed by atoms with Crippen LogP contribution in [0.5, 0.6) is 0 Å². The molecule has 100 valence electrons. The first kappa shape index (κ1) is 13.5. The first-order valence-corrected chi connectivity index (χ1v) is 5.83. The van der Waals surface area contributed by atoms with Gasteiger partial charge in [0.25, 0.3) is 0 Å². The Morgan fingerprint density at radius 3 is 1.84 bits per heavy atom. The van der Waals surface area contributed by atoms with E-state index in [4.69, 9.17) is 5.73 Å². The number of anilines is 1. The Morgan fingerprint density at radius 2 is 1.37 bits per heavy atom. The van der Waals surface area contributed by atoms with E-state index in [-0.39, 0.29) is 0 Å². The summed E-state index contributed by atoms with van der Waals surface area (Å²) < 4.78 is 37.9. The molecule has 0 bridgehead atoms. The van der Waals surface area contributed by atoms with Gasteiger partial charge in [0, 0.05) is 5.69 Å². The highest BCUT2D eigenvalue weighted by atomic mass is 19.4. The van der Waals surface area contributed by atoms with Crippen molar-refractivity contribution in [2.24, 2.45) is 0 Å². The zero-order chi connectivity index (χ0) is 14.2. The molecule has 0 atom stereocenters. The standard InChI is InChI=1S/C15H14F3N/c1-9-7-11(15(16,17)18)3-5-13(9)14-6-4-12(19)8-10(14)2/h3-8H,19H2,1-2H3. The molecule has 0 saturated heterocycles. The third-order valence-corrected chi connectivity index (χ3v) is 3.09. The van der Waals surface area contributed by atoms with E-state index in [0.29, 0.717) is 11.3 Å². The molecule has 0 aromatic heterocycles. The SMILES string of the molecule is Cc1cc(N)ccc1-c1ccc(C(F)(F)F)cc1C. The third-order valence-electron chi connectivity index (χ3n) is 3.09. The molecule has 1 nitrogen and oxygen atoms in total. The molecular weight excluding hydrogens is 251 g/mol. The van der Waals surface area contributed by atoms with Crippen LogP contribution in [0.3, 0.4) is 0 Å². The van der Waals surface area contributed by atoms with E-state index >= 15 is 0 Å². The molecule has 0 unspecified atom stereocenters. The van der Waals surface area contributed by atoms with Gasteiger partial charge in [-0.2, -0.15) is 13.2 Å². The largest absolute Gasteiger partial charge is 0.416 e. The maximum absolute atomic E-state index is 12.6. The van der Waals surface area contributed by atoms with Gasteiger partial charge in [0.1, 0.15) is 0 Å². The molecule has 0 radical (unpaired) electrons. The summed E-state index contributed by atoms with van der Waals surface area (Å²) >= 11 is 0. The van der Waals surface area contributed by atoms with Crippen LogP contribution in [0.4, 0.5) is 18.9 Å². The van der Waals surface area contributed by atoms with Crippen LogP contribution in [0, 0.1) is 13.8 Å². The van der Waals surface area contributed by atoms with Gasteiger partial charge in [-0.25, -0.2) is 0 Å². The molecule has 0 amide bonds. The van der Waals surface area contributed by atoms with Crippen LogP contribution in [0.2, 0.25) is 0 Å². The van der Waals surface area contributed by atoms with Gasteiger partial charge in [0.05, 0.1) is 5.56 Å². The van der Waals surface area contributed by atoms with E-state index < -0.39 is 11.7 Å². The molecule has 2 aromatic rings. The van der Waals surface area contributed by atoms with Gasteiger partial charge in [-0.05, 0) is 60.4 Å². The Hall–Kier alpha value is -1.97. The van der Waals surface area contributed by atoms with E-state index in [0.717, 1.165) is 22.8 Å². The summed E-state index contributed by atoms with van der Waals surface area (Å²) in [6, 6.07) is 9.19. The quantitative estimate of drug-likeness (QED) is 0.751. The smallest absolute Gasteiger partial charge is 0.399 e. The lowest BCUT2D eigenvalue weighted by Crippen LogP contribution is -2.05. The highest BCUT2D eigenvalue weighted by Gasteiger charge is 2.30. The lowest BCUT2D eigenvalue weighted by molar-refractivity contribution is -0.137. The Labute approximate surface area is 109 Å². The number of hydrogen-bond acceptors (Lipinski definition) is 1. The second-order valence-electron chi connectivity index (χ2n) is 4.60. The van der Waals surface area contributed by atoms with Crippen molar-refractivity contribution in [1.29, 1.82) is 0 Å². The minimum absolute atomic E-state index is 0.600. The molecule has 2 N–H and O–H groups in total. The predicted molar refractivity (Wildman–Crippen MR) is 70.8 cm³/mol. The van der Waals surface area contributed by atoms with E-state index in [2.05, 4.69) is 0 Å². The summed E-state index contributed by atoms with van der Waals surface area (Å²) in [4.78, 5) is 0. The molecule has 0 heterocycles. The lowest BCUT2D eigenvalue weighted by Gasteiger charge is -2.13. The summed E-state index contributed by atoms with van der Waals surface area (Å²) in [6.07, 6.45) is -4.31. The van der Waals surface area contributed by atoms with Gasteiger partial charge in [0.2, 0.25) is 0 Å². The average Bonchev–Trinajstić information content (AvgIpc) is 2.28. The van der Waals surface area contributed by atoms with Crippen molar-refractivity contribution >= 4 is 5.69 Å². The van der Waals surface area contributed by atoms with Crippen LogP contribution in [-0.2, 0) is 6.18 Å². The molecule has 0 saturated carbocycles. The van der Waals surface area contributed by atoms with Crippen LogP contribution < -0.4 is 5.73 Å². The topological polar surface area (TPSA) is 26.0 Å². The van der Waals surface area contributed by atoms with Crippen LogP contribution in [0.25, 0.3) is 11.1 Å². The Balaban J connectivity index is 2.52. The van der Waals surface area contributed by atoms with Crippen molar-refractivity contribution in [3.8, 4) is 11.1 Å². The molecule has 0 aliphatic carbocycles. The van der Waals surface area contributed by atoms with Crippen molar-refractivity contribution in [2.45, 2.75) is 20.0 Å². The summed E-state index contributed by atoms with van der Waals surface area (Å²) in [5.41, 5.74) is 8.94. The first-order valence-electron chi connectivity index (χ1n) is 5.83. The fourth-order valence-electron chi connectivity index (χ4n) is 2.13. The minimum atomic E-state index is -4.31. The molecule has 2 rings (SSSR count). The van der Waals surface area contributed by atoms with Gasteiger partial charge in [-0.3, -0.25) is 0 Å². The summed E-state index contributed by atoms with van der Waals surface area (Å²) in [7, 11) is 0. The Kier molecular flexibility index (Phi) is 3.27. The van der Waals surface area contributed by atoms with E-state index in [1.165, 1.54) is 12.1 Å². The van der Waals surface area contributed by atoms with Crippen LogP contribution in [-0.4, -0.2) is 0 Å². The fourth-order valence-corrected chi connectivity index (χ4v) is 2.13. The summed E-state index contributed by atoms with van der Waals surface area (Å²) in [5.74, 6) is 0. The normalized spacial score (nSPS) is 11.6. The number of alkyl halides is 3. The number of benzene rings is 2. The maximum atomic E-state index is 12.6. The van der Waals surface area contributed by atoms with Crippen LogP contribution >= 0.6 is 0 Å². The van der Waals surface area contributed by atoms with Gasteiger partial charge >= 0.3 is 6.18 Å². The van der Waals surface area contributed by atoms with Gasteiger partial charge in [0.15, 0.2) is 0 Å². The van der Waals surface area contributed by atoms with E-state index in [1.54, 1.807) is 13.0 Å². The van der Waals surface area contributed by atoms with Crippen molar-refractivity contribution < 1.29 is 13.2 Å². The van der Waals surface area contributed by atoms with Crippen molar-refractivity contribution in [3.63, 3.8) is 0 Å².